The second-order valence-corrected chi connectivity index (χ2v) is 15.3. The summed E-state index contributed by atoms with van der Waals surface area (Å²) in [6, 6.07) is 5.97. The number of rotatable bonds is 10. The van der Waals surface area contributed by atoms with Crippen LogP contribution in [0.15, 0.2) is 46.2 Å². The molecule has 4 aromatic rings. The number of nitrogens with zero attached hydrogens (tertiary/aromatic N) is 6. The van der Waals surface area contributed by atoms with Gasteiger partial charge in [0.25, 0.3) is 0 Å². The molecule has 4 fully saturated rings. The number of halogens is 2. The van der Waals surface area contributed by atoms with Crippen LogP contribution >= 0.6 is 50.1 Å². The summed E-state index contributed by atoms with van der Waals surface area (Å²) in [6.07, 6.45) is 7.80. The van der Waals surface area contributed by atoms with Crippen molar-refractivity contribution in [2.45, 2.75) is 62.7 Å². The number of carbonyl (C=O) groups is 2. The molecule has 2 saturated heterocycles. The third-order valence-electron chi connectivity index (χ3n) is 10.5. The predicted octanol–water partition coefficient (Wildman–Crippen LogP) is -2.95. The van der Waals surface area contributed by atoms with Crippen molar-refractivity contribution in [3.8, 4) is 0 Å². The average Bonchev–Trinajstić information content (AvgIpc) is 4.08. The van der Waals surface area contributed by atoms with E-state index in [0.29, 0.717) is 48.6 Å². The number of hydrogen-bond acceptors (Lipinski definition) is 12. The number of carbonyl (C=O) groups excluding carboxylic acids is 2. The number of anilines is 2. The summed E-state index contributed by atoms with van der Waals surface area (Å²) in [5.41, 5.74) is 2.50. The monoisotopic (exact) mass is 858 g/mol. The number of fused-ring (bicyclic) bond motifs is 2. The fourth-order valence-corrected chi connectivity index (χ4v) is 8.05. The van der Waals surface area contributed by atoms with Crippen molar-refractivity contribution < 1.29 is 87.7 Å². The van der Waals surface area contributed by atoms with Crippen molar-refractivity contribution in [1.29, 1.82) is 0 Å². The van der Waals surface area contributed by atoms with Gasteiger partial charge in [0.15, 0.2) is 10.9 Å². The predicted molar refractivity (Wildman–Crippen MR) is 212 cm³/mol. The van der Waals surface area contributed by atoms with Crippen LogP contribution in [0.4, 0.5) is 20.2 Å². The Morgan fingerprint density at radius 2 is 1.04 bits per heavy atom. The number of aromatic carboxylic acids is 2. The van der Waals surface area contributed by atoms with Crippen LogP contribution < -0.4 is 90.0 Å². The maximum absolute atomic E-state index is 14.8. The molecule has 284 valence electrons. The largest absolute Gasteiger partial charge is 1.00 e. The molecule has 2 saturated carbocycles. The Kier molecular flexibility index (Phi) is 14.7. The van der Waals surface area contributed by atoms with Gasteiger partial charge in [-0.1, -0.05) is 50.1 Å². The fraction of sp³-hybridized carbons (Fsp3) is 0.389. The molecule has 0 radical (unpaired) electrons. The molecule has 2 aliphatic heterocycles. The number of thiol groups is 2. The van der Waals surface area contributed by atoms with E-state index in [1.807, 2.05) is 9.80 Å². The molecule has 4 aliphatic rings. The van der Waals surface area contributed by atoms with Crippen molar-refractivity contribution in [3.05, 3.63) is 79.9 Å². The average molecular weight is 859 g/mol. The quantitative estimate of drug-likeness (QED) is 0.0960. The second-order valence-electron chi connectivity index (χ2n) is 14.0. The van der Waals surface area contributed by atoms with Crippen LogP contribution in [0.5, 0.6) is 0 Å². The number of hydrogen-bond donors (Lipinski definition) is 2. The molecule has 56 heavy (non-hydrogen) atoms. The topological polar surface area (TPSA) is 137 Å². The summed E-state index contributed by atoms with van der Waals surface area (Å²) >= 11 is 18.4. The minimum absolute atomic E-state index is 0. The van der Waals surface area contributed by atoms with E-state index >= 15 is 0 Å². The van der Waals surface area contributed by atoms with E-state index in [1.54, 1.807) is 29.9 Å². The molecule has 20 heteroatoms. The maximum atomic E-state index is 14.8. The van der Waals surface area contributed by atoms with Crippen LogP contribution in [0.25, 0.3) is 21.8 Å². The van der Waals surface area contributed by atoms with Gasteiger partial charge in [-0.15, -0.1) is 0 Å². The van der Waals surface area contributed by atoms with Gasteiger partial charge >= 0.3 is 59.1 Å². The van der Waals surface area contributed by atoms with Crippen molar-refractivity contribution in [3.63, 3.8) is 0 Å². The van der Waals surface area contributed by atoms with Gasteiger partial charge in [0.1, 0.15) is 11.6 Å². The first kappa shape index (κ1) is 44.8. The molecule has 0 amide bonds. The Morgan fingerprint density at radius 1 is 0.679 bits per heavy atom. The summed E-state index contributed by atoms with van der Waals surface area (Å²) in [5, 5.41) is 22.7. The van der Waals surface area contributed by atoms with E-state index < -0.39 is 45.6 Å². The fourth-order valence-electron chi connectivity index (χ4n) is 7.33. The number of carboxylic acids is 2. The van der Waals surface area contributed by atoms with Gasteiger partial charge in [0.2, 0.25) is 0 Å². The number of thiocarbonyl (C=S) groups is 2. The molecule has 2 unspecified atom stereocenters. The van der Waals surface area contributed by atoms with E-state index in [2.05, 4.69) is 25.6 Å². The molecular formula is C36H34F2N6Na2O6S4. The zero-order valence-corrected chi connectivity index (χ0v) is 38.0. The number of carboxylic acid groups (broad SMARTS) is 2. The summed E-state index contributed by atoms with van der Waals surface area (Å²) in [5.74, 6) is -4.19. The van der Waals surface area contributed by atoms with Crippen molar-refractivity contribution >= 4 is 106 Å². The molecule has 0 N–H and O–H groups in total. The Balaban J connectivity index is 0.000000207. The first-order chi connectivity index (χ1) is 25.8. The van der Waals surface area contributed by atoms with Crippen LogP contribution in [-0.4, -0.2) is 78.9 Å². The zero-order valence-electron chi connectivity index (χ0n) is 30.6. The van der Waals surface area contributed by atoms with E-state index in [0.717, 1.165) is 50.7 Å². The van der Waals surface area contributed by atoms with Gasteiger partial charge in [0, 0.05) is 61.4 Å². The number of benzene rings is 2. The molecule has 0 spiro atoms. The SMILES string of the molecule is O=C([O-])c1cn(C2CC2)c2cc(N3CCC(N(S)C=S)C3)c(F)cc2c1=O.O=C([O-])c1cn(C2CC2)c2cc(N3CCC(N(S)C=S)C3)c(F)cc2c1=O.[Na+].[Na+]. The summed E-state index contributed by atoms with van der Waals surface area (Å²) < 4.78 is 36.5. The molecule has 2 aromatic heterocycles. The zero-order chi connectivity index (χ0) is 38.6. The Morgan fingerprint density at radius 3 is 1.34 bits per heavy atom. The van der Waals surface area contributed by atoms with Crippen LogP contribution in [0.2, 0.25) is 0 Å². The van der Waals surface area contributed by atoms with Crippen LogP contribution in [0.1, 0.15) is 71.3 Å². The smallest absolute Gasteiger partial charge is 0.545 e. The van der Waals surface area contributed by atoms with Crippen LogP contribution in [0.3, 0.4) is 0 Å². The minimum atomic E-state index is -1.54. The van der Waals surface area contributed by atoms with Gasteiger partial charge in [-0.05, 0) is 62.8 Å². The number of pyridine rings is 2. The second kappa shape index (κ2) is 18.3. The molecular weight excluding hydrogens is 825 g/mol. The van der Waals surface area contributed by atoms with E-state index in [9.17, 15) is 38.2 Å². The number of aromatic nitrogens is 2. The third-order valence-corrected chi connectivity index (χ3v) is 12.1. The van der Waals surface area contributed by atoms with Gasteiger partial charge in [0.05, 0.1) is 68.5 Å². The molecule has 2 aliphatic carbocycles. The van der Waals surface area contributed by atoms with Crippen LogP contribution in [0, 0.1) is 11.6 Å². The first-order valence-electron chi connectivity index (χ1n) is 17.4. The molecule has 12 nitrogen and oxygen atoms in total. The first-order valence-corrected chi connectivity index (χ1v) is 19.1. The van der Waals surface area contributed by atoms with Gasteiger partial charge in [-0.2, -0.15) is 0 Å². The molecule has 2 atom stereocenters. The maximum Gasteiger partial charge on any atom is 1.00 e. The summed E-state index contributed by atoms with van der Waals surface area (Å²) in [7, 11) is 0. The van der Waals surface area contributed by atoms with Crippen molar-refractivity contribution in [2.75, 3.05) is 36.0 Å². The summed E-state index contributed by atoms with van der Waals surface area (Å²) in [6.45, 7) is 2.39. The third kappa shape index (κ3) is 8.99. The molecule has 2 aromatic carbocycles. The molecule has 0 bridgehead atoms. The standard InChI is InChI=1S/2C18H18FN3O3S2.2Na/c2*19-14-5-12-15(6-16(14)20-4-3-11(7-20)22(27)9-26)21(10-1-2-10)8-13(17(12)23)18(24)25;;/h2*5-6,8-11,27H,1-4,7H2,(H,24,25);;/q;;2*+1/p-2. The van der Waals surface area contributed by atoms with Gasteiger partial charge in [-0.3, -0.25) is 9.59 Å². The van der Waals surface area contributed by atoms with Crippen molar-refractivity contribution in [1.82, 2.24) is 17.7 Å². The van der Waals surface area contributed by atoms with E-state index in [4.69, 9.17) is 24.4 Å². The molecule has 4 heterocycles. The van der Waals surface area contributed by atoms with Crippen molar-refractivity contribution in [2.24, 2.45) is 0 Å². The Labute approximate surface area is 386 Å². The normalized spacial score (nSPS) is 18.8. The van der Waals surface area contributed by atoms with E-state index in [1.165, 1.54) is 23.4 Å². The minimum Gasteiger partial charge on any atom is -0.545 e. The summed E-state index contributed by atoms with van der Waals surface area (Å²) in [4.78, 5) is 51.4. The molecule has 8 rings (SSSR count). The van der Waals surface area contributed by atoms with Gasteiger partial charge < -0.3 is 47.3 Å². The van der Waals surface area contributed by atoms with E-state index in [-0.39, 0.29) is 94.1 Å². The Bertz CT molecular complexity index is 2180. The van der Waals surface area contributed by atoms with Crippen LogP contribution in [-0.2, 0) is 0 Å². The Hall–Kier alpha value is -2.26. The van der Waals surface area contributed by atoms with Gasteiger partial charge in [-0.25, -0.2) is 8.78 Å².